The van der Waals surface area contributed by atoms with E-state index in [0.717, 1.165) is 5.84 Å². The van der Waals surface area contributed by atoms with Gasteiger partial charge in [-0.2, -0.15) is 0 Å². The van der Waals surface area contributed by atoms with Crippen LogP contribution in [0.3, 0.4) is 0 Å². The van der Waals surface area contributed by atoms with E-state index in [4.69, 9.17) is 5.73 Å². The Morgan fingerprint density at radius 3 is 2.64 bits per heavy atom. The first-order valence-corrected chi connectivity index (χ1v) is 5.22. The molecule has 0 atom stereocenters. The Bertz CT molecular complexity index is 428. The number of nitrogens with two attached hydrogens (primary N) is 1. The molecule has 1 aliphatic heterocycles. The van der Waals surface area contributed by atoms with E-state index in [2.05, 4.69) is 35.9 Å². The summed E-state index contributed by atoms with van der Waals surface area (Å²) >= 11 is 0. The van der Waals surface area contributed by atoms with Crippen molar-refractivity contribution < 1.29 is 4.58 Å². The fourth-order valence-corrected chi connectivity index (χ4v) is 2.82. The van der Waals surface area contributed by atoms with Crippen molar-refractivity contribution in [1.82, 2.24) is 0 Å². The van der Waals surface area contributed by atoms with Crippen LogP contribution in [0, 0.1) is 0 Å². The Kier molecular flexibility index (Phi) is 1.37. The largest absolute Gasteiger partial charge is 0.290 e. The molecule has 0 bridgehead atoms. The predicted molar refractivity (Wildman–Crippen MR) is 57.0 cm³/mol. The van der Waals surface area contributed by atoms with Crippen LogP contribution < -0.4 is 5.73 Å². The maximum absolute atomic E-state index is 6.21. The summed E-state index contributed by atoms with van der Waals surface area (Å²) in [4.78, 5) is 0. The molecule has 0 radical (unpaired) electrons. The Hall–Kier alpha value is -1.31. The van der Waals surface area contributed by atoms with Crippen molar-refractivity contribution in [1.29, 1.82) is 0 Å². The van der Waals surface area contributed by atoms with Gasteiger partial charge in [0.05, 0.1) is 12.5 Å². The van der Waals surface area contributed by atoms with Gasteiger partial charge in [0.2, 0.25) is 0 Å². The molecule has 1 heterocycles. The first-order valence-electron chi connectivity index (χ1n) is 5.22. The van der Waals surface area contributed by atoms with Crippen LogP contribution in [0.15, 0.2) is 24.3 Å². The molecule has 72 valence electrons. The first-order chi connectivity index (χ1) is 6.76. The lowest BCUT2D eigenvalue weighted by Crippen LogP contribution is -2.46. The third kappa shape index (κ3) is 0.707. The summed E-state index contributed by atoms with van der Waals surface area (Å²) in [7, 11) is 2.07. The monoisotopic (exact) mass is 187 g/mol. The second-order valence-electron chi connectivity index (χ2n) is 4.40. The lowest BCUT2D eigenvalue weighted by molar-refractivity contribution is -0.404. The number of para-hydroxylation sites is 1. The number of benzene rings is 1. The van der Waals surface area contributed by atoms with Crippen molar-refractivity contribution in [3.05, 3.63) is 29.8 Å². The van der Waals surface area contributed by atoms with Gasteiger partial charge in [-0.15, -0.1) is 0 Å². The standard InChI is InChI=1S/C12H14N2/c1-14-10-6-3-2-5-9(10)12(11(14)13)7-4-8-12/h2-3,5-6,13H,4,7-8H2,1H3/p+1. The number of nitrogens with zero attached hydrogens (tertiary/aromatic N) is 1. The van der Waals surface area contributed by atoms with Crippen molar-refractivity contribution in [2.24, 2.45) is 5.73 Å². The SMILES string of the molecule is C[N+]1=C(N)C2(CCC2)c2ccccc21. The summed E-state index contributed by atoms with van der Waals surface area (Å²) < 4.78 is 2.15. The second kappa shape index (κ2) is 2.38. The predicted octanol–water partition coefficient (Wildman–Crippen LogP) is 1.75. The third-order valence-electron chi connectivity index (χ3n) is 3.84. The molecule has 2 nitrogen and oxygen atoms in total. The van der Waals surface area contributed by atoms with Crippen LogP contribution in [-0.2, 0) is 5.41 Å². The number of hydrogen-bond donors (Lipinski definition) is 1. The minimum atomic E-state index is 0.200. The highest BCUT2D eigenvalue weighted by Crippen LogP contribution is 2.50. The highest BCUT2D eigenvalue weighted by molar-refractivity contribution is 5.93. The van der Waals surface area contributed by atoms with Crippen LogP contribution in [-0.4, -0.2) is 17.5 Å². The zero-order valence-corrected chi connectivity index (χ0v) is 8.46. The van der Waals surface area contributed by atoms with Crippen LogP contribution in [0.4, 0.5) is 5.69 Å². The summed E-state index contributed by atoms with van der Waals surface area (Å²) in [6.07, 6.45) is 3.75. The molecule has 0 amide bonds. The average Bonchev–Trinajstić information content (AvgIpc) is 2.37. The fraction of sp³-hybridized carbons (Fsp3) is 0.417. The zero-order chi connectivity index (χ0) is 9.76. The van der Waals surface area contributed by atoms with E-state index in [1.54, 1.807) is 0 Å². The molecule has 0 aromatic heterocycles. The minimum Gasteiger partial charge on any atom is -0.290 e. The van der Waals surface area contributed by atoms with E-state index in [1.165, 1.54) is 30.5 Å². The molecular formula is C12H15N2+. The summed E-state index contributed by atoms with van der Waals surface area (Å²) in [5.41, 5.74) is 9.14. The second-order valence-corrected chi connectivity index (χ2v) is 4.40. The lowest BCUT2D eigenvalue weighted by atomic mass is 9.64. The molecule has 1 aliphatic carbocycles. The minimum absolute atomic E-state index is 0.200. The molecule has 1 fully saturated rings. The van der Waals surface area contributed by atoms with Gasteiger partial charge in [0.25, 0.3) is 5.84 Å². The van der Waals surface area contributed by atoms with Crippen LogP contribution in [0.5, 0.6) is 0 Å². The number of hydrogen-bond acceptors (Lipinski definition) is 1. The first kappa shape index (κ1) is 8.04. The number of rotatable bonds is 0. The van der Waals surface area contributed by atoms with Gasteiger partial charge in [0.15, 0.2) is 0 Å². The Morgan fingerprint density at radius 2 is 2.00 bits per heavy atom. The smallest absolute Gasteiger partial charge is 0.258 e. The topological polar surface area (TPSA) is 29.0 Å². The highest BCUT2D eigenvalue weighted by atomic mass is 15.1. The van der Waals surface area contributed by atoms with Gasteiger partial charge in [-0.25, -0.2) is 4.58 Å². The maximum Gasteiger partial charge on any atom is 0.258 e. The fourth-order valence-electron chi connectivity index (χ4n) is 2.82. The molecular weight excluding hydrogens is 172 g/mol. The van der Waals surface area contributed by atoms with Gasteiger partial charge in [0.1, 0.15) is 5.69 Å². The number of fused-ring (bicyclic) bond motifs is 2. The summed E-state index contributed by atoms with van der Waals surface area (Å²) in [5, 5.41) is 0. The Morgan fingerprint density at radius 1 is 1.29 bits per heavy atom. The summed E-state index contributed by atoms with van der Waals surface area (Å²) in [5.74, 6) is 1.05. The quantitative estimate of drug-likeness (QED) is 0.616. The van der Waals surface area contributed by atoms with Crippen molar-refractivity contribution in [3.63, 3.8) is 0 Å². The van der Waals surface area contributed by atoms with Gasteiger partial charge in [-0.1, -0.05) is 24.6 Å². The molecule has 0 saturated heterocycles. The number of amidine groups is 1. The van der Waals surface area contributed by atoms with Crippen molar-refractivity contribution in [3.8, 4) is 0 Å². The summed E-state index contributed by atoms with van der Waals surface area (Å²) in [6, 6.07) is 8.59. The lowest BCUT2D eigenvalue weighted by Gasteiger charge is -2.35. The summed E-state index contributed by atoms with van der Waals surface area (Å²) in [6.45, 7) is 0. The molecule has 2 heteroatoms. The van der Waals surface area contributed by atoms with Gasteiger partial charge in [0, 0.05) is 5.56 Å². The van der Waals surface area contributed by atoms with Crippen molar-refractivity contribution >= 4 is 11.5 Å². The van der Waals surface area contributed by atoms with Crippen molar-refractivity contribution in [2.45, 2.75) is 24.7 Å². The van der Waals surface area contributed by atoms with Crippen LogP contribution >= 0.6 is 0 Å². The van der Waals surface area contributed by atoms with Gasteiger partial charge in [-0.3, -0.25) is 5.73 Å². The van der Waals surface area contributed by atoms with E-state index in [0.29, 0.717) is 0 Å². The van der Waals surface area contributed by atoms with E-state index < -0.39 is 0 Å². The van der Waals surface area contributed by atoms with E-state index in [9.17, 15) is 0 Å². The third-order valence-corrected chi connectivity index (χ3v) is 3.84. The molecule has 1 aromatic carbocycles. The van der Waals surface area contributed by atoms with Crippen molar-refractivity contribution in [2.75, 3.05) is 7.05 Å². The zero-order valence-electron chi connectivity index (χ0n) is 8.46. The van der Waals surface area contributed by atoms with Crippen LogP contribution in [0.25, 0.3) is 0 Å². The molecule has 1 aromatic rings. The molecule has 1 spiro atoms. The molecule has 2 N–H and O–H groups in total. The van der Waals surface area contributed by atoms with Crippen LogP contribution in [0.2, 0.25) is 0 Å². The van der Waals surface area contributed by atoms with E-state index in [-0.39, 0.29) is 5.41 Å². The average molecular weight is 187 g/mol. The molecule has 2 aliphatic rings. The van der Waals surface area contributed by atoms with Gasteiger partial charge in [-0.05, 0) is 18.9 Å². The molecule has 3 rings (SSSR count). The molecule has 1 saturated carbocycles. The normalized spacial score (nSPS) is 22.4. The maximum atomic E-state index is 6.21. The van der Waals surface area contributed by atoms with E-state index in [1.807, 2.05) is 0 Å². The van der Waals surface area contributed by atoms with E-state index >= 15 is 0 Å². The molecule has 0 unspecified atom stereocenters. The highest BCUT2D eigenvalue weighted by Gasteiger charge is 2.52. The van der Waals surface area contributed by atoms with Gasteiger partial charge < -0.3 is 0 Å². The Labute approximate surface area is 84.1 Å². The Balaban J connectivity index is 2.27. The van der Waals surface area contributed by atoms with Gasteiger partial charge >= 0.3 is 0 Å². The van der Waals surface area contributed by atoms with Crippen LogP contribution in [0.1, 0.15) is 24.8 Å². The molecule has 14 heavy (non-hydrogen) atoms.